The van der Waals surface area contributed by atoms with Crippen LogP contribution in [0.3, 0.4) is 0 Å². The first kappa shape index (κ1) is 24.4. The first-order valence-electron chi connectivity index (χ1n) is 10.0. The van der Waals surface area contributed by atoms with Crippen molar-refractivity contribution in [3.63, 3.8) is 0 Å². The second-order valence-electron chi connectivity index (χ2n) is 7.41. The number of hydrogen-bond donors (Lipinski definition) is 2. The predicted octanol–water partition coefficient (Wildman–Crippen LogP) is 5.41. The quantitative estimate of drug-likeness (QED) is 0.443. The van der Waals surface area contributed by atoms with Gasteiger partial charge in [-0.2, -0.15) is 0 Å². The third-order valence-electron chi connectivity index (χ3n) is 5.13. The monoisotopic (exact) mass is 487 g/mol. The van der Waals surface area contributed by atoms with Gasteiger partial charge in [0.2, 0.25) is 0 Å². The Hall–Kier alpha value is -3.22. The molecule has 3 aromatic rings. The van der Waals surface area contributed by atoms with Crippen LogP contribution in [0, 0.1) is 6.92 Å². The van der Waals surface area contributed by atoms with Gasteiger partial charge < -0.3 is 19.9 Å². The zero-order valence-corrected chi connectivity index (χ0v) is 19.8. The van der Waals surface area contributed by atoms with E-state index in [0.29, 0.717) is 11.5 Å². The fourth-order valence-electron chi connectivity index (χ4n) is 3.53. The lowest BCUT2D eigenvalue weighted by atomic mass is 9.99. The van der Waals surface area contributed by atoms with E-state index in [9.17, 15) is 14.7 Å². The molecule has 0 radical (unpaired) electrons. The van der Waals surface area contributed by atoms with Crippen LogP contribution in [-0.4, -0.2) is 37.2 Å². The number of methoxy groups -OCH3 is 2. The average molecular weight is 488 g/mol. The molecule has 6 nitrogen and oxygen atoms in total. The van der Waals surface area contributed by atoms with Crippen molar-refractivity contribution < 1.29 is 24.2 Å². The number of rotatable bonds is 8. The van der Waals surface area contributed by atoms with Crippen LogP contribution in [0.1, 0.15) is 21.5 Å². The number of carbonyl (C=O) groups excluding carboxylic acids is 1. The van der Waals surface area contributed by atoms with Crippen LogP contribution in [0.4, 0.5) is 0 Å². The maximum Gasteiger partial charge on any atom is 0.326 e. The van der Waals surface area contributed by atoms with Crippen molar-refractivity contribution in [2.75, 3.05) is 14.2 Å². The molecule has 2 N–H and O–H groups in total. The molecule has 1 atom stereocenters. The number of halogens is 2. The molecule has 0 aliphatic heterocycles. The van der Waals surface area contributed by atoms with E-state index >= 15 is 0 Å². The molecule has 0 aromatic heterocycles. The van der Waals surface area contributed by atoms with Gasteiger partial charge in [0.25, 0.3) is 5.91 Å². The highest BCUT2D eigenvalue weighted by molar-refractivity contribution is 6.39. The Balaban J connectivity index is 1.82. The van der Waals surface area contributed by atoms with Crippen LogP contribution >= 0.6 is 23.2 Å². The SMILES string of the molecule is COc1cccc(OC)c1-c1ccc(C[C@H](NC(=O)c2c(Cl)cc(C)cc2Cl)C(=O)O)cc1. The smallest absolute Gasteiger partial charge is 0.326 e. The van der Waals surface area contributed by atoms with Crippen LogP contribution in [0.2, 0.25) is 10.0 Å². The van der Waals surface area contributed by atoms with E-state index < -0.39 is 17.9 Å². The topological polar surface area (TPSA) is 84.9 Å². The van der Waals surface area contributed by atoms with E-state index in [4.69, 9.17) is 32.7 Å². The van der Waals surface area contributed by atoms with E-state index in [1.807, 2.05) is 30.3 Å². The summed E-state index contributed by atoms with van der Waals surface area (Å²) in [6, 6.07) is 14.8. The Morgan fingerprint density at radius 3 is 2.00 bits per heavy atom. The molecule has 33 heavy (non-hydrogen) atoms. The van der Waals surface area contributed by atoms with Crippen molar-refractivity contribution in [1.29, 1.82) is 0 Å². The number of hydrogen-bond acceptors (Lipinski definition) is 4. The zero-order valence-electron chi connectivity index (χ0n) is 18.3. The minimum atomic E-state index is -1.17. The molecule has 0 fully saturated rings. The number of nitrogens with one attached hydrogen (secondary N) is 1. The van der Waals surface area contributed by atoms with Crippen molar-refractivity contribution >= 4 is 35.1 Å². The molecule has 0 saturated heterocycles. The molecule has 172 valence electrons. The Morgan fingerprint density at radius 2 is 1.52 bits per heavy atom. The number of ether oxygens (including phenoxy) is 2. The van der Waals surface area contributed by atoms with E-state index in [1.165, 1.54) is 0 Å². The summed E-state index contributed by atoms with van der Waals surface area (Å²) in [6.07, 6.45) is 0.0749. The largest absolute Gasteiger partial charge is 0.496 e. The molecular formula is C25H23Cl2NO5. The predicted molar refractivity (Wildman–Crippen MR) is 129 cm³/mol. The van der Waals surface area contributed by atoms with Crippen LogP contribution in [0.5, 0.6) is 11.5 Å². The summed E-state index contributed by atoms with van der Waals surface area (Å²) in [7, 11) is 3.17. The molecule has 0 unspecified atom stereocenters. The van der Waals surface area contributed by atoms with Crippen molar-refractivity contribution in [3.05, 3.63) is 81.3 Å². The molecule has 8 heteroatoms. The van der Waals surface area contributed by atoms with Crippen LogP contribution in [-0.2, 0) is 11.2 Å². The molecule has 0 aliphatic carbocycles. The summed E-state index contributed by atoms with van der Waals surface area (Å²) >= 11 is 12.3. The summed E-state index contributed by atoms with van der Waals surface area (Å²) in [4.78, 5) is 24.5. The zero-order chi connectivity index (χ0) is 24.1. The van der Waals surface area contributed by atoms with Crippen molar-refractivity contribution in [3.8, 4) is 22.6 Å². The van der Waals surface area contributed by atoms with Crippen molar-refractivity contribution in [2.45, 2.75) is 19.4 Å². The van der Waals surface area contributed by atoms with Gasteiger partial charge in [-0.05, 0) is 47.9 Å². The van der Waals surface area contributed by atoms with Gasteiger partial charge in [0.05, 0.1) is 35.4 Å². The number of aryl methyl sites for hydroxylation is 1. The third-order valence-corrected chi connectivity index (χ3v) is 5.72. The lowest BCUT2D eigenvalue weighted by Gasteiger charge is -2.17. The lowest BCUT2D eigenvalue weighted by molar-refractivity contribution is -0.139. The fourth-order valence-corrected chi connectivity index (χ4v) is 4.29. The molecule has 0 spiro atoms. The average Bonchev–Trinajstić information content (AvgIpc) is 2.77. The number of carboxylic acids is 1. The second kappa shape index (κ2) is 10.6. The minimum absolute atomic E-state index is 0.0498. The van der Waals surface area contributed by atoms with E-state index in [-0.39, 0.29) is 22.0 Å². The first-order chi connectivity index (χ1) is 15.7. The molecule has 3 rings (SSSR count). The summed E-state index contributed by atoms with van der Waals surface area (Å²) in [5.41, 5.74) is 3.21. The Bertz CT molecular complexity index is 1130. The summed E-state index contributed by atoms with van der Waals surface area (Å²) in [5, 5.41) is 12.5. The van der Waals surface area contributed by atoms with Gasteiger partial charge in [0, 0.05) is 6.42 Å². The lowest BCUT2D eigenvalue weighted by Crippen LogP contribution is -2.42. The highest BCUT2D eigenvalue weighted by Crippen LogP contribution is 2.38. The van der Waals surface area contributed by atoms with Crippen molar-refractivity contribution in [1.82, 2.24) is 5.32 Å². The van der Waals surface area contributed by atoms with Crippen LogP contribution in [0.25, 0.3) is 11.1 Å². The van der Waals surface area contributed by atoms with Gasteiger partial charge in [-0.1, -0.05) is 53.5 Å². The summed E-state index contributed by atoms with van der Waals surface area (Å²) in [5.74, 6) is -0.500. The number of aliphatic carboxylic acids is 1. The number of carboxylic acid groups (broad SMARTS) is 1. The van der Waals surface area contributed by atoms with Crippen LogP contribution < -0.4 is 14.8 Å². The van der Waals surface area contributed by atoms with Gasteiger partial charge >= 0.3 is 5.97 Å². The number of benzene rings is 3. The third kappa shape index (κ3) is 5.59. The summed E-state index contributed by atoms with van der Waals surface area (Å²) in [6.45, 7) is 1.80. The van der Waals surface area contributed by atoms with Crippen molar-refractivity contribution in [2.24, 2.45) is 0 Å². The van der Waals surface area contributed by atoms with E-state index in [1.54, 1.807) is 45.4 Å². The van der Waals surface area contributed by atoms with E-state index in [0.717, 1.165) is 22.3 Å². The maximum atomic E-state index is 12.7. The second-order valence-corrected chi connectivity index (χ2v) is 8.22. The molecule has 0 heterocycles. The molecule has 0 bridgehead atoms. The Labute approximate surface area is 202 Å². The fraction of sp³-hybridized carbons (Fsp3) is 0.200. The van der Waals surface area contributed by atoms with Gasteiger partial charge in [-0.3, -0.25) is 4.79 Å². The molecule has 0 aliphatic rings. The molecule has 1 amide bonds. The molecular weight excluding hydrogens is 465 g/mol. The van der Waals surface area contributed by atoms with Gasteiger partial charge in [-0.25, -0.2) is 4.79 Å². The number of amides is 1. The Morgan fingerprint density at radius 1 is 0.970 bits per heavy atom. The highest BCUT2D eigenvalue weighted by atomic mass is 35.5. The molecule has 0 saturated carbocycles. The van der Waals surface area contributed by atoms with Gasteiger partial charge in [-0.15, -0.1) is 0 Å². The van der Waals surface area contributed by atoms with Gasteiger partial charge in [0.1, 0.15) is 17.5 Å². The van der Waals surface area contributed by atoms with Crippen LogP contribution in [0.15, 0.2) is 54.6 Å². The Kier molecular flexibility index (Phi) is 7.84. The summed E-state index contributed by atoms with van der Waals surface area (Å²) < 4.78 is 10.9. The first-order valence-corrected chi connectivity index (χ1v) is 10.8. The maximum absolute atomic E-state index is 12.7. The minimum Gasteiger partial charge on any atom is -0.496 e. The standard InChI is InChI=1S/C25H23Cl2NO5/c1-14-11-17(26)23(18(27)12-14)24(29)28-19(25(30)31)13-15-7-9-16(10-8-15)22-20(32-2)5-4-6-21(22)33-3/h4-12,19H,13H2,1-3H3,(H,28,29)(H,30,31)/t19-/m0/s1. The number of carbonyl (C=O) groups is 2. The molecule has 3 aromatic carbocycles. The normalized spacial score (nSPS) is 11.5. The van der Waals surface area contributed by atoms with Gasteiger partial charge in [0.15, 0.2) is 0 Å². The highest BCUT2D eigenvalue weighted by Gasteiger charge is 2.24. The van der Waals surface area contributed by atoms with E-state index in [2.05, 4.69) is 5.32 Å².